The minimum Gasteiger partial charge on any atom is -0.478 e. The van der Waals surface area contributed by atoms with E-state index in [2.05, 4.69) is 11.1 Å². The average molecular weight is 229 g/mol. The quantitative estimate of drug-likeness (QED) is 0.821. The average Bonchev–Trinajstić information content (AvgIpc) is 2.54. The molecule has 0 atom stereocenters. The van der Waals surface area contributed by atoms with E-state index in [4.69, 9.17) is 5.11 Å². The summed E-state index contributed by atoms with van der Waals surface area (Å²) in [6, 6.07) is 5.24. The number of benzene rings is 1. The Morgan fingerprint density at radius 2 is 2.18 bits per heavy atom. The molecule has 0 saturated carbocycles. The summed E-state index contributed by atoms with van der Waals surface area (Å²) >= 11 is 0. The molecule has 0 aliphatic rings. The molecule has 2 rings (SSSR count). The van der Waals surface area contributed by atoms with Crippen molar-refractivity contribution in [1.29, 1.82) is 0 Å². The minimum atomic E-state index is -0.888. The molecule has 1 N–H and O–H groups in total. The van der Waals surface area contributed by atoms with E-state index in [-0.39, 0.29) is 0 Å². The van der Waals surface area contributed by atoms with Crippen molar-refractivity contribution < 1.29 is 9.90 Å². The summed E-state index contributed by atoms with van der Waals surface area (Å²) in [5, 5.41) is 10.00. The van der Waals surface area contributed by atoms with Gasteiger partial charge in [0, 0.05) is 23.1 Å². The Morgan fingerprint density at radius 3 is 2.76 bits per heavy atom. The van der Waals surface area contributed by atoms with Crippen LogP contribution in [0.1, 0.15) is 21.6 Å². The second-order valence-electron chi connectivity index (χ2n) is 4.15. The van der Waals surface area contributed by atoms with Crippen LogP contribution in [-0.4, -0.2) is 15.6 Å². The van der Waals surface area contributed by atoms with Gasteiger partial charge in [0.25, 0.3) is 0 Å². The fraction of sp³-hybridized carbons (Fsp3) is 0.214. The number of carboxylic acid groups (broad SMARTS) is 1. The maximum Gasteiger partial charge on any atom is 0.335 e. The molecule has 2 aromatic rings. The monoisotopic (exact) mass is 229 g/mol. The largest absolute Gasteiger partial charge is 0.478 e. The van der Waals surface area contributed by atoms with Crippen molar-refractivity contribution in [3.8, 4) is 0 Å². The molecule has 0 aliphatic carbocycles. The van der Waals surface area contributed by atoms with Crippen LogP contribution in [-0.2, 0) is 6.54 Å². The van der Waals surface area contributed by atoms with Crippen LogP contribution in [0.4, 0.5) is 0 Å². The van der Waals surface area contributed by atoms with Crippen molar-refractivity contribution in [3.05, 3.63) is 47.7 Å². The molecule has 0 spiro atoms. The number of hydrogen-bond acceptors (Lipinski definition) is 1. The van der Waals surface area contributed by atoms with Gasteiger partial charge in [-0.05, 0) is 37.6 Å². The van der Waals surface area contributed by atoms with E-state index in [1.807, 2.05) is 26.0 Å². The van der Waals surface area contributed by atoms with E-state index in [0.717, 1.165) is 28.7 Å². The van der Waals surface area contributed by atoms with Crippen LogP contribution in [0.25, 0.3) is 10.9 Å². The Labute approximate surface area is 100.0 Å². The van der Waals surface area contributed by atoms with Crippen molar-refractivity contribution >= 4 is 16.9 Å². The number of nitrogens with zero attached hydrogens (tertiary/aromatic N) is 1. The molecule has 1 heterocycles. The first-order chi connectivity index (χ1) is 8.06. The van der Waals surface area contributed by atoms with Gasteiger partial charge in [0.15, 0.2) is 0 Å². The van der Waals surface area contributed by atoms with Gasteiger partial charge >= 0.3 is 5.97 Å². The Morgan fingerprint density at radius 1 is 1.47 bits per heavy atom. The number of aromatic nitrogens is 1. The Bertz CT molecular complexity index is 608. The molecule has 1 aromatic carbocycles. The fourth-order valence-electron chi connectivity index (χ4n) is 2.15. The number of carbonyl (C=O) groups is 1. The highest BCUT2D eigenvalue weighted by Crippen LogP contribution is 2.26. The van der Waals surface area contributed by atoms with E-state index in [1.165, 1.54) is 0 Å². The molecule has 0 bridgehead atoms. The summed E-state index contributed by atoms with van der Waals surface area (Å²) in [7, 11) is 0. The number of fused-ring (bicyclic) bond motifs is 1. The van der Waals surface area contributed by atoms with Crippen LogP contribution in [0.3, 0.4) is 0 Å². The van der Waals surface area contributed by atoms with Gasteiger partial charge in [-0.15, -0.1) is 6.58 Å². The molecule has 17 heavy (non-hydrogen) atoms. The first-order valence-electron chi connectivity index (χ1n) is 5.50. The summed E-state index contributed by atoms with van der Waals surface area (Å²) in [5.74, 6) is -0.888. The summed E-state index contributed by atoms with van der Waals surface area (Å²) in [5.41, 5.74) is 3.67. The van der Waals surface area contributed by atoms with E-state index in [9.17, 15) is 4.79 Å². The van der Waals surface area contributed by atoms with Crippen LogP contribution < -0.4 is 0 Å². The predicted octanol–water partition coefficient (Wildman–Crippen LogP) is 3.14. The third kappa shape index (κ3) is 1.73. The molecular weight excluding hydrogens is 214 g/mol. The number of allylic oxidation sites excluding steroid dienone is 1. The van der Waals surface area contributed by atoms with Crippen LogP contribution in [0, 0.1) is 13.8 Å². The molecule has 0 saturated heterocycles. The maximum atomic E-state index is 11.0. The highest BCUT2D eigenvalue weighted by Gasteiger charge is 2.12. The SMILES string of the molecule is C=CCn1c(C)c(C)c2cc(C(=O)O)ccc21. The molecule has 88 valence electrons. The highest BCUT2D eigenvalue weighted by molar-refractivity contribution is 5.95. The number of aromatic carboxylic acids is 1. The summed E-state index contributed by atoms with van der Waals surface area (Å²) in [4.78, 5) is 11.0. The summed E-state index contributed by atoms with van der Waals surface area (Å²) < 4.78 is 2.14. The molecule has 3 nitrogen and oxygen atoms in total. The van der Waals surface area contributed by atoms with Crippen LogP contribution in [0.2, 0.25) is 0 Å². The van der Waals surface area contributed by atoms with Crippen LogP contribution in [0.15, 0.2) is 30.9 Å². The van der Waals surface area contributed by atoms with E-state index < -0.39 is 5.97 Å². The number of carboxylic acids is 1. The molecule has 0 fully saturated rings. The van der Waals surface area contributed by atoms with Crippen molar-refractivity contribution in [2.45, 2.75) is 20.4 Å². The van der Waals surface area contributed by atoms with Crippen molar-refractivity contribution in [2.24, 2.45) is 0 Å². The summed E-state index contributed by atoms with van der Waals surface area (Å²) in [6.45, 7) is 8.54. The van der Waals surface area contributed by atoms with Crippen LogP contribution in [0.5, 0.6) is 0 Å². The standard InChI is InChI=1S/C14H15NO2/c1-4-7-15-10(3)9(2)12-8-11(14(16)17)5-6-13(12)15/h4-6,8H,1,7H2,2-3H3,(H,16,17). The maximum absolute atomic E-state index is 11.0. The van der Waals surface area contributed by atoms with Gasteiger partial charge in [-0.2, -0.15) is 0 Å². The first-order valence-corrected chi connectivity index (χ1v) is 5.50. The molecule has 0 amide bonds. The lowest BCUT2D eigenvalue weighted by atomic mass is 10.1. The van der Waals surface area contributed by atoms with Gasteiger partial charge in [0.05, 0.1) is 5.56 Å². The number of rotatable bonds is 3. The van der Waals surface area contributed by atoms with E-state index in [1.54, 1.807) is 12.1 Å². The van der Waals surface area contributed by atoms with Gasteiger partial charge in [0.1, 0.15) is 0 Å². The predicted molar refractivity (Wildman–Crippen MR) is 68.6 cm³/mol. The zero-order valence-corrected chi connectivity index (χ0v) is 10.0. The van der Waals surface area contributed by atoms with Crippen molar-refractivity contribution in [3.63, 3.8) is 0 Å². The molecular formula is C14H15NO2. The third-order valence-electron chi connectivity index (χ3n) is 3.20. The molecule has 3 heteroatoms. The molecule has 1 aromatic heterocycles. The molecule has 0 aliphatic heterocycles. The van der Waals surface area contributed by atoms with Gasteiger partial charge in [0.2, 0.25) is 0 Å². The van der Waals surface area contributed by atoms with Crippen molar-refractivity contribution in [2.75, 3.05) is 0 Å². The highest BCUT2D eigenvalue weighted by atomic mass is 16.4. The molecule has 0 unspecified atom stereocenters. The normalized spacial score (nSPS) is 10.7. The lowest BCUT2D eigenvalue weighted by Crippen LogP contribution is -1.98. The van der Waals surface area contributed by atoms with Gasteiger partial charge < -0.3 is 9.67 Å². The smallest absolute Gasteiger partial charge is 0.335 e. The topological polar surface area (TPSA) is 42.2 Å². The Kier molecular flexibility index (Phi) is 2.76. The Balaban J connectivity index is 2.75. The minimum absolute atomic E-state index is 0.330. The summed E-state index contributed by atoms with van der Waals surface area (Å²) in [6.07, 6.45) is 1.84. The first kappa shape index (κ1) is 11.5. The third-order valence-corrected chi connectivity index (χ3v) is 3.20. The fourth-order valence-corrected chi connectivity index (χ4v) is 2.15. The van der Waals surface area contributed by atoms with Crippen molar-refractivity contribution in [1.82, 2.24) is 4.57 Å². The zero-order chi connectivity index (χ0) is 12.6. The van der Waals surface area contributed by atoms with E-state index in [0.29, 0.717) is 5.56 Å². The van der Waals surface area contributed by atoms with Gasteiger partial charge in [-0.25, -0.2) is 4.79 Å². The second kappa shape index (κ2) is 4.09. The van der Waals surface area contributed by atoms with Crippen LogP contribution >= 0.6 is 0 Å². The van der Waals surface area contributed by atoms with E-state index >= 15 is 0 Å². The number of aryl methyl sites for hydroxylation is 1. The Hall–Kier alpha value is -2.03. The second-order valence-corrected chi connectivity index (χ2v) is 4.15. The van der Waals surface area contributed by atoms with Gasteiger partial charge in [-0.1, -0.05) is 6.08 Å². The zero-order valence-electron chi connectivity index (χ0n) is 10.0. The number of hydrogen-bond donors (Lipinski definition) is 1. The molecule has 0 radical (unpaired) electrons. The van der Waals surface area contributed by atoms with Gasteiger partial charge in [-0.3, -0.25) is 0 Å². The lowest BCUT2D eigenvalue weighted by molar-refractivity contribution is 0.0697. The lowest BCUT2D eigenvalue weighted by Gasteiger charge is -2.04.